The summed E-state index contributed by atoms with van der Waals surface area (Å²) in [5, 5.41) is 2.64. The van der Waals surface area contributed by atoms with E-state index in [2.05, 4.69) is 21.2 Å². The van der Waals surface area contributed by atoms with Crippen molar-refractivity contribution in [2.75, 3.05) is 6.54 Å². The van der Waals surface area contributed by atoms with Crippen molar-refractivity contribution >= 4 is 21.8 Å². The van der Waals surface area contributed by atoms with E-state index in [1.807, 2.05) is 0 Å². The summed E-state index contributed by atoms with van der Waals surface area (Å²) in [6.45, 7) is 0.358. The summed E-state index contributed by atoms with van der Waals surface area (Å²) in [6.07, 6.45) is 0.557. The predicted octanol–water partition coefficient (Wildman–Crippen LogP) is 3.70. The summed E-state index contributed by atoms with van der Waals surface area (Å²) < 4.78 is 26.7. The Morgan fingerprint density at radius 1 is 1.10 bits per heavy atom. The number of halogens is 3. The molecule has 1 N–H and O–H groups in total. The maximum atomic E-state index is 13.7. The second-order valence-electron chi connectivity index (χ2n) is 4.23. The fraction of sp³-hybridized carbons (Fsp3) is 0.133. The SMILES string of the molecule is O=C(NCCc1ccc(F)cc1)c1cccc(Br)c1F. The summed E-state index contributed by atoms with van der Waals surface area (Å²) in [4.78, 5) is 11.8. The van der Waals surface area contributed by atoms with E-state index in [0.717, 1.165) is 5.56 Å². The van der Waals surface area contributed by atoms with Crippen LogP contribution in [0.25, 0.3) is 0 Å². The molecule has 0 aliphatic heterocycles. The lowest BCUT2D eigenvalue weighted by molar-refractivity contribution is 0.0950. The van der Waals surface area contributed by atoms with Gasteiger partial charge in [-0.05, 0) is 52.2 Å². The normalized spacial score (nSPS) is 10.3. The summed E-state index contributed by atoms with van der Waals surface area (Å²) in [5.41, 5.74) is 0.903. The molecular formula is C15H12BrF2NO. The lowest BCUT2D eigenvalue weighted by Crippen LogP contribution is -2.26. The summed E-state index contributed by atoms with van der Waals surface area (Å²) >= 11 is 3.04. The molecule has 0 heterocycles. The molecule has 0 atom stereocenters. The van der Waals surface area contributed by atoms with Crippen molar-refractivity contribution in [3.05, 3.63) is 69.7 Å². The first kappa shape index (κ1) is 14.7. The molecule has 0 saturated heterocycles. The molecule has 2 rings (SSSR count). The van der Waals surface area contributed by atoms with E-state index in [4.69, 9.17) is 0 Å². The van der Waals surface area contributed by atoms with E-state index in [0.29, 0.717) is 13.0 Å². The number of amides is 1. The molecule has 0 fully saturated rings. The van der Waals surface area contributed by atoms with Crippen LogP contribution in [0, 0.1) is 11.6 Å². The fourth-order valence-corrected chi connectivity index (χ4v) is 2.11. The minimum Gasteiger partial charge on any atom is -0.352 e. The number of hydrogen-bond donors (Lipinski definition) is 1. The van der Waals surface area contributed by atoms with Gasteiger partial charge in [0, 0.05) is 6.54 Å². The molecule has 104 valence electrons. The molecule has 2 aromatic rings. The lowest BCUT2D eigenvalue weighted by atomic mass is 10.1. The van der Waals surface area contributed by atoms with Crippen LogP contribution >= 0.6 is 15.9 Å². The highest BCUT2D eigenvalue weighted by molar-refractivity contribution is 9.10. The summed E-state index contributed by atoms with van der Waals surface area (Å²) in [5.74, 6) is -1.34. The molecule has 2 aromatic carbocycles. The molecule has 0 spiro atoms. The monoisotopic (exact) mass is 339 g/mol. The third-order valence-corrected chi connectivity index (χ3v) is 3.42. The molecule has 0 unspecified atom stereocenters. The second-order valence-corrected chi connectivity index (χ2v) is 5.09. The first-order valence-corrected chi connectivity index (χ1v) is 6.84. The van der Waals surface area contributed by atoms with Crippen molar-refractivity contribution in [3.63, 3.8) is 0 Å². The molecule has 0 aromatic heterocycles. The molecule has 1 amide bonds. The number of carbonyl (C=O) groups excluding carboxylic acids is 1. The number of nitrogens with one attached hydrogen (secondary N) is 1. The van der Waals surface area contributed by atoms with E-state index < -0.39 is 11.7 Å². The van der Waals surface area contributed by atoms with Gasteiger partial charge in [0.2, 0.25) is 0 Å². The molecule has 0 saturated carbocycles. The Kier molecular flexibility index (Phi) is 4.84. The highest BCUT2D eigenvalue weighted by atomic mass is 79.9. The highest BCUT2D eigenvalue weighted by Gasteiger charge is 2.13. The van der Waals surface area contributed by atoms with Crippen molar-refractivity contribution in [3.8, 4) is 0 Å². The van der Waals surface area contributed by atoms with Gasteiger partial charge in [-0.3, -0.25) is 4.79 Å². The summed E-state index contributed by atoms with van der Waals surface area (Å²) in [7, 11) is 0. The van der Waals surface area contributed by atoms with Crippen LogP contribution in [-0.4, -0.2) is 12.5 Å². The van der Waals surface area contributed by atoms with Gasteiger partial charge in [-0.25, -0.2) is 8.78 Å². The Balaban J connectivity index is 1.92. The van der Waals surface area contributed by atoms with E-state index in [-0.39, 0.29) is 15.9 Å². The molecule has 0 aliphatic carbocycles. The van der Waals surface area contributed by atoms with Crippen LogP contribution in [-0.2, 0) is 6.42 Å². The van der Waals surface area contributed by atoms with Crippen molar-refractivity contribution in [1.29, 1.82) is 0 Å². The average molecular weight is 340 g/mol. The minimum absolute atomic E-state index is 0.00141. The molecule has 0 bridgehead atoms. The van der Waals surface area contributed by atoms with Crippen LogP contribution in [0.15, 0.2) is 46.9 Å². The zero-order valence-electron chi connectivity index (χ0n) is 10.5. The van der Waals surface area contributed by atoms with Gasteiger partial charge in [0.15, 0.2) is 0 Å². The third kappa shape index (κ3) is 3.63. The van der Waals surface area contributed by atoms with Crippen LogP contribution in [0.3, 0.4) is 0 Å². The first-order valence-electron chi connectivity index (χ1n) is 6.04. The quantitative estimate of drug-likeness (QED) is 0.904. The standard InChI is InChI=1S/C15H12BrF2NO/c16-13-3-1-2-12(14(13)18)15(20)19-9-8-10-4-6-11(17)7-5-10/h1-7H,8-9H2,(H,19,20). The Bertz CT molecular complexity index is 614. The van der Waals surface area contributed by atoms with E-state index in [9.17, 15) is 13.6 Å². The number of rotatable bonds is 4. The first-order chi connectivity index (χ1) is 9.58. The molecular weight excluding hydrogens is 328 g/mol. The molecule has 5 heteroatoms. The number of hydrogen-bond acceptors (Lipinski definition) is 1. The van der Waals surface area contributed by atoms with Gasteiger partial charge in [0.25, 0.3) is 5.91 Å². The average Bonchev–Trinajstić information content (AvgIpc) is 2.44. The largest absolute Gasteiger partial charge is 0.352 e. The van der Waals surface area contributed by atoms with Crippen molar-refractivity contribution < 1.29 is 13.6 Å². The zero-order chi connectivity index (χ0) is 14.5. The third-order valence-electron chi connectivity index (χ3n) is 2.81. The number of benzene rings is 2. The van der Waals surface area contributed by atoms with Gasteiger partial charge in [0.05, 0.1) is 10.0 Å². The van der Waals surface area contributed by atoms with Crippen molar-refractivity contribution in [2.45, 2.75) is 6.42 Å². The van der Waals surface area contributed by atoms with E-state index in [1.54, 1.807) is 18.2 Å². The fourth-order valence-electron chi connectivity index (χ4n) is 1.75. The highest BCUT2D eigenvalue weighted by Crippen LogP contribution is 2.18. The number of carbonyl (C=O) groups is 1. The van der Waals surface area contributed by atoms with Crippen LogP contribution in [0.5, 0.6) is 0 Å². The van der Waals surface area contributed by atoms with Gasteiger partial charge in [-0.2, -0.15) is 0 Å². The van der Waals surface area contributed by atoms with Crippen LogP contribution in [0.2, 0.25) is 0 Å². The van der Waals surface area contributed by atoms with Gasteiger partial charge < -0.3 is 5.32 Å². The Hall–Kier alpha value is -1.75. The maximum absolute atomic E-state index is 13.7. The second kappa shape index (κ2) is 6.61. The van der Waals surface area contributed by atoms with Crippen molar-refractivity contribution in [1.82, 2.24) is 5.32 Å². The Labute approximate surface area is 123 Å². The summed E-state index contributed by atoms with van der Waals surface area (Å²) in [6, 6.07) is 10.6. The van der Waals surface area contributed by atoms with Gasteiger partial charge in [-0.15, -0.1) is 0 Å². The molecule has 2 nitrogen and oxygen atoms in total. The zero-order valence-corrected chi connectivity index (χ0v) is 12.1. The van der Waals surface area contributed by atoms with Crippen LogP contribution < -0.4 is 5.32 Å². The molecule has 0 radical (unpaired) electrons. The van der Waals surface area contributed by atoms with Gasteiger partial charge >= 0.3 is 0 Å². The van der Waals surface area contributed by atoms with Crippen molar-refractivity contribution in [2.24, 2.45) is 0 Å². The van der Waals surface area contributed by atoms with Gasteiger partial charge in [-0.1, -0.05) is 18.2 Å². The Morgan fingerprint density at radius 2 is 1.80 bits per heavy atom. The van der Waals surface area contributed by atoms with E-state index >= 15 is 0 Å². The molecule has 20 heavy (non-hydrogen) atoms. The smallest absolute Gasteiger partial charge is 0.254 e. The maximum Gasteiger partial charge on any atom is 0.254 e. The lowest BCUT2D eigenvalue weighted by Gasteiger charge is -2.07. The topological polar surface area (TPSA) is 29.1 Å². The van der Waals surface area contributed by atoms with E-state index in [1.165, 1.54) is 24.3 Å². The molecule has 0 aliphatic rings. The predicted molar refractivity (Wildman–Crippen MR) is 76.5 cm³/mol. The van der Waals surface area contributed by atoms with Crippen LogP contribution in [0.1, 0.15) is 15.9 Å². The Morgan fingerprint density at radius 3 is 2.50 bits per heavy atom. The van der Waals surface area contributed by atoms with Gasteiger partial charge in [0.1, 0.15) is 11.6 Å². The minimum atomic E-state index is -0.577. The van der Waals surface area contributed by atoms with Crippen LogP contribution in [0.4, 0.5) is 8.78 Å².